The van der Waals surface area contributed by atoms with Gasteiger partial charge in [-0.1, -0.05) is 57.2 Å². The molecular formula is C17H26NiO2. The van der Waals surface area contributed by atoms with Crippen LogP contribution in [0.15, 0.2) is 6.07 Å². The summed E-state index contributed by atoms with van der Waals surface area (Å²) in [5.74, 6) is -0.482. The summed E-state index contributed by atoms with van der Waals surface area (Å²) in [6.45, 7) is 6.33. The third-order valence-electron chi connectivity index (χ3n) is 3.61. The largest absolute Gasteiger partial charge is 2.00 e. The predicted octanol–water partition coefficient (Wildman–Crippen LogP) is 3.47. The van der Waals surface area contributed by atoms with E-state index in [4.69, 9.17) is 0 Å². The van der Waals surface area contributed by atoms with E-state index in [9.17, 15) is 10.2 Å². The fraction of sp³-hybridized carbons (Fsp3) is 0.647. The van der Waals surface area contributed by atoms with Gasteiger partial charge in [-0.25, -0.2) is 0 Å². The Morgan fingerprint density at radius 2 is 1.35 bits per heavy atom. The molecule has 0 aliphatic carbocycles. The zero-order chi connectivity index (χ0) is 14.3. The summed E-state index contributed by atoms with van der Waals surface area (Å²) in [5.41, 5.74) is 2.64. The topological polar surface area (TPSA) is 46.1 Å². The van der Waals surface area contributed by atoms with Crippen LogP contribution in [0, 0.1) is 0 Å². The molecule has 0 bridgehead atoms. The van der Waals surface area contributed by atoms with E-state index in [-0.39, 0.29) is 28.0 Å². The van der Waals surface area contributed by atoms with Crippen LogP contribution in [0.5, 0.6) is 11.5 Å². The number of benzene rings is 1. The second-order valence-corrected chi connectivity index (χ2v) is 5.29. The summed E-state index contributed by atoms with van der Waals surface area (Å²) in [4.78, 5) is 0. The number of hydrogen-bond acceptors (Lipinski definition) is 2. The molecule has 0 N–H and O–H groups in total. The molecule has 116 valence electrons. The van der Waals surface area contributed by atoms with Crippen LogP contribution in [0.25, 0.3) is 0 Å². The molecule has 0 aliphatic rings. The van der Waals surface area contributed by atoms with Crippen LogP contribution in [0.3, 0.4) is 0 Å². The van der Waals surface area contributed by atoms with Crippen molar-refractivity contribution in [3.05, 3.63) is 22.8 Å². The van der Waals surface area contributed by atoms with Crippen LogP contribution < -0.4 is 10.2 Å². The molecule has 2 nitrogen and oxygen atoms in total. The molecule has 0 unspecified atom stereocenters. The minimum Gasteiger partial charge on any atom is -0.873 e. The van der Waals surface area contributed by atoms with Gasteiger partial charge in [-0.3, -0.25) is 0 Å². The summed E-state index contributed by atoms with van der Waals surface area (Å²) in [5, 5.41) is 24.3. The Hall–Kier alpha value is -0.686. The van der Waals surface area contributed by atoms with Gasteiger partial charge in [-0.05, 0) is 37.7 Å². The van der Waals surface area contributed by atoms with Crippen molar-refractivity contribution >= 4 is 0 Å². The SMILES string of the molecule is CCCCc1cc(CCC)c(CCCC)c([O-])c1[O-].[Ni+2]. The number of rotatable bonds is 8. The second-order valence-electron chi connectivity index (χ2n) is 5.29. The Kier molecular flexibility index (Phi) is 9.75. The van der Waals surface area contributed by atoms with Gasteiger partial charge in [0.1, 0.15) is 0 Å². The summed E-state index contributed by atoms with van der Waals surface area (Å²) in [7, 11) is 0. The van der Waals surface area contributed by atoms with E-state index in [1.165, 1.54) is 0 Å². The van der Waals surface area contributed by atoms with Gasteiger partial charge in [0, 0.05) is 0 Å². The molecule has 0 heterocycles. The minimum absolute atomic E-state index is 0. The van der Waals surface area contributed by atoms with Gasteiger partial charge in [-0.2, -0.15) is 0 Å². The molecule has 1 rings (SSSR count). The van der Waals surface area contributed by atoms with E-state index >= 15 is 0 Å². The standard InChI is InChI=1S/C17H28O2.Ni/c1-4-7-10-14-12-13(9-6-3)15(11-8-5-2)17(19)16(14)18;/h12,18-19H,4-11H2,1-3H3;/q;+2/p-2. The first-order valence-corrected chi connectivity index (χ1v) is 7.67. The Balaban J connectivity index is 0.00000361. The van der Waals surface area contributed by atoms with Crippen LogP contribution in [0.1, 0.15) is 69.6 Å². The minimum atomic E-state index is -0.251. The van der Waals surface area contributed by atoms with Gasteiger partial charge in [0.15, 0.2) is 0 Å². The Bertz CT molecular complexity index is 402. The molecule has 0 atom stereocenters. The van der Waals surface area contributed by atoms with Crippen LogP contribution >= 0.6 is 0 Å². The van der Waals surface area contributed by atoms with E-state index in [2.05, 4.69) is 20.8 Å². The summed E-state index contributed by atoms with van der Waals surface area (Å²) >= 11 is 0. The Morgan fingerprint density at radius 3 is 1.90 bits per heavy atom. The van der Waals surface area contributed by atoms with Gasteiger partial charge in [0.05, 0.1) is 0 Å². The maximum Gasteiger partial charge on any atom is 2.00 e. The molecule has 0 saturated heterocycles. The van der Waals surface area contributed by atoms with E-state index in [1.54, 1.807) is 0 Å². The van der Waals surface area contributed by atoms with E-state index < -0.39 is 0 Å². The van der Waals surface area contributed by atoms with Gasteiger partial charge in [0.2, 0.25) is 0 Å². The van der Waals surface area contributed by atoms with Crippen molar-refractivity contribution in [3.63, 3.8) is 0 Å². The van der Waals surface area contributed by atoms with Crippen LogP contribution in [0.2, 0.25) is 0 Å². The van der Waals surface area contributed by atoms with Crippen molar-refractivity contribution in [2.45, 2.75) is 72.1 Å². The third kappa shape index (κ3) is 5.01. The molecule has 3 heteroatoms. The van der Waals surface area contributed by atoms with E-state index in [0.717, 1.165) is 68.1 Å². The first-order chi connectivity index (χ1) is 9.15. The Morgan fingerprint density at radius 1 is 0.750 bits per heavy atom. The van der Waals surface area contributed by atoms with Gasteiger partial charge in [-0.15, -0.1) is 11.5 Å². The molecule has 0 aromatic heterocycles. The predicted molar refractivity (Wildman–Crippen MR) is 76.6 cm³/mol. The fourth-order valence-corrected chi connectivity index (χ4v) is 2.46. The smallest absolute Gasteiger partial charge is 0.873 e. The number of hydrogen-bond donors (Lipinski definition) is 0. The Labute approximate surface area is 133 Å². The maximum atomic E-state index is 12.2. The van der Waals surface area contributed by atoms with Crippen LogP contribution in [-0.2, 0) is 35.8 Å². The monoisotopic (exact) mass is 320 g/mol. The van der Waals surface area contributed by atoms with Crippen molar-refractivity contribution in [1.29, 1.82) is 0 Å². The van der Waals surface area contributed by atoms with Gasteiger partial charge >= 0.3 is 16.5 Å². The number of aryl methyl sites for hydroxylation is 2. The normalized spacial score (nSPS) is 10.3. The average Bonchev–Trinajstić information content (AvgIpc) is 2.41. The average molecular weight is 321 g/mol. The quantitative estimate of drug-likeness (QED) is 0.688. The zero-order valence-corrected chi connectivity index (χ0v) is 13.9. The fourth-order valence-electron chi connectivity index (χ4n) is 2.46. The van der Waals surface area contributed by atoms with Crippen molar-refractivity contribution < 1.29 is 26.7 Å². The van der Waals surface area contributed by atoms with E-state index in [0.29, 0.717) is 0 Å². The first-order valence-electron chi connectivity index (χ1n) is 7.67. The molecular weight excluding hydrogens is 295 g/mol. The molecule has 0 saturated carbocycles. The zero-order valence-electron chi connectivity index (χ0n) is 12.9. The summed E-state index contributed by atoms with van der Waals surface area (Å²) in [6.07, 6.45) is 7.50. The van der Waals surface area contributed by atoms with Crippen molar-refractivity contribution in [1.82, 2.24) is 0 Å². The van der Waals surface area contributed by atoms with Crippen molar-refractivity contribution in [2.75, 3.05) is 0 Å². The summed E-state index contributed by atoms with van der Waals surface area (Å²) < 4.78 is 0. The third-order valence-corrected chi connectivity index (χ3v) is 3.61. The van der Waals surface area contributed by atoms with E-state index in [1.807, 2.05) is 6.07 Å². The number of unbranched alkanes of at least 4 members (excludes halogenated alkanes) is 2. The molecule has 0 radical (unpaired) electrons. The molecule has 0 aliphatic heterocycles. The van der Waals surface area contributed by atoms with Gasteiger partial charge in [0.25, 0.3) is 0 Å². The molecule has 0 amide bonds. The molecule has 20 heavy (non-hydrogen) atoms. The maximum absolute atomic E-state index is 12.2. The molecule has 1 aromatic carbocycles. The molecule has 0 fully saturated rings. The van der Waals surface area contributed by atoms with Crippen LogP contribution in [-0.4, -0.2) is 0 Å². The first kappa shape index (κ1) is 19.3. The van der Waals surface area contributed by atoms with Crippen molar-refractivity contribution in [2.24, 2.45) is 0 Å². The van der Waals surface area contributed by atoms with Crippen LogP contribution in [0.4, 0.5) is 0 Å². The second kappa shape index (κ2) is 10.1. The van der Waals surface area contributed by atoms with Gasteiger partial charge < -0.3 is 10.2 Å². The molecule has 1 aromatic rings. The summed E-state index contributed by atoms with van der Waals surface area (Å²) in [6, 6.07) is 2.01. The molecule has 0 spiro atoms. The van der Waals surface area contributed by atoms with Crippen molar-refractivity contribution in [3.8, 4) is 11.5 Å².